The zero-order valence-electron chi connectivity index (χ0n) is 14.4. The molecule has 0 aliphatic carbocycles. The van der Waals surface area contributed by atoms with E-state index >= 15 is 0 Å². The molecule has 28 heavy (non-hydrogen) atoms. The quantitative estimate of drug-likeness (QED) is 0.262. The fourth-order valence-electron chi connectivity index (χ4n) is 2.20. The van der Waals surface area contributed by atoms with Crippen molar-refractivity contribution >= 4 is 38.1 Å². The van der Waals surface area contributed by atoms with Crippen LogP contribution in [0.5, 0.6) is 5.75 Å². The molecule has 3 aromatic rings. The number of hydrogen-bond acceptors (Lipinski definition) is 5. The highest BCUT2D eigenvalue weighted by molar-refractivity contribution is 9.10. The van der Waals surface area contributed by atoms with E-state index in [1.54, 1.807) is 66.7 Å². The Hall–Kier alpha value is -2.97. The third-order valence-corrected chi connectivity index (χ3v) is 5.38. The van der Waals surface area contributed by atoms with Crippen LogP contribution in [-0.2, 0) is 10.0 Å². The van der Waals surface area contributed by atoms with Gasteiger partial charge in [0.25, 0.3) is 10.0 Å². The minimum Gasteiger partial charge on any atom is -0.423 e. The van der Waals surface area contributed by atoms with Crippen LogP contribution in [0.4, 0.5) is 0 Å². The highest BCUT2D eigenvalue weighted by Gasteiger charge is 2.11. The molecule has 1 N–H and O–H groups in total. The molecular formula is C20H15BrN2O4S. The molecule has 0 atom stereocenters. The molecule has 142 valence electrons. The van der Waals surface area contributed by atoms with Gasteiger partial charge in [0, 0.05) is 4.47 Å². The lowest BCUT2D eigenvalue weighted by molar-refractivity contribution is 0.0734. The number of nitrogens with zero attached hydrogens (tertiary/aromatic N) is 1. The van der Waals surface area contributed by atoms with Crippen molar-refractivity contribution in [3.63, 3.8) is 0 Å². The van der Waals surface area contributed by atoms with Crippen molar-refractivity contribution in [2.75, 3.05) is 0 Å². The van der Waals surface area contributed by atoms with Crippen molar-refractivity contribution in [3.8, 4) is 5.75 Å². The van der Waals surface area contributed by atoms with Crippen LogP contribution in [-0.4, -0.2) is 20.6 Å². The van der Waals surface area contributed by atoms with Gasteiger partial charge in [0.15, 0.2) is 0 Å². The molecule has 0 bridgehead atoms. The summed E-state index contributed by atoms with van der Waals surface area (Å²) in [6, 6.07) is 21.3. The zero-order valence-corrected chi connectivity index (χ0v) is 16.9. The maximum Gasteiger partial charge on any atom is 0.343 e. The first kappa shape index (κ1) is 19.8. The van der Waals surface area contributed by atoms with E-state index in [4.69, 9.17) is 4.74 Å². The summed E-state index contributed by atoms with van der Waals surface area (Å²) >= 11 is 3.31. The van der Waals surface area contributed by atoms with E-state index in [1.807, 2.05) is 0 Å². The molecule has 0 fully saturated rings. The van der Waals surface area contributed by atoms with E-state index in [0.717, 1.165) is 4.47 Å². The van der Waals surface area contributed by atoms with Crippen molar-refractivity contribution in [3.05, 3.63) is 94.5 Å². The van der Waals surface area contributed by atoms with Crippen LogP contribution in [0.15, 0.2) is 93.3 Å². The molecule has 0 unspecified atom stereocenters. The van der Waals surface area contributed by atoms with Gasteiger partial charge in [0.1, 0.15) is 5.75 Å². The molecule has 0 aliphatic heterocycles. The van der Waals surface area contributed by atoms with Crippen LogP contribution in [0.2, 0.25) is 0 Å². The number of ether oxygens (including phenoxy) is 1. The van der Waals surface area contributed by atoms with Gasteiger partial charge in [0.2, 0.25) is 0 Å². The standard InChI is InChI=1S/C20H15BrN2O4S/c21-17-10-8-16(9-11-17)20(24)27-18-12-6-15(7-13-18)14-22-23-28(25,26)19-4-2-1-3-5-19/h1-14,23H/b22-14-. The van der Waals surface area contributed by atoms with E-state index in [2.05, 4.69) is 25.9 Å². The normalized spacial score (nSPS) is 11.3. The summed E-state index contributed by atoms with van der Waals surface area (Å²) < 4.78 is 30.3. The predicted octanol–water partition coefficient (Wildman–Crippen LogP) is 3.98. The monoisotopic (exact) mass is 458 g/mol. The van der Waals surface area contributed by atoms with Gasteiger partial charge in [0.05, 0.1) is 16.7 Å². The summed E-state index contributed by atoms with van der Waals surface area (Å²) in [5, 5.41) is 3.76. The molecule has 8 heteroatoms. The average molecular weight is 459 g/mol. The second-order valence-electron chi connectivity index (χ2n) is 5.63. The predicted molar refractivity (Wildman–Crippen MR) is 110 cm³/mol. The van der Waals surface area contributed by atoms with Gasteiger partial charge in [-0.1, -0.05) is 34.1 Å². The number of esters is 1. The molecule has 6 nitrogen and oxygen atoms in total. The highest BCUT2D eigenvalue weighted by atomic mass is 79.9. The first-order chi connectivity index (χ1) is 13.4. The molecule has 0 aliphatic rings. The number of rotatable bonds is 6. The van der Waals surface area contributed by atoms with E-state index in [1.165, 1.54) is 18.3 Å². The Morgan fingerprint density at radius 2 is 1.57 bits per heavy atom. The second-order valence-corrected chi connectivity index (χ2v) is 8.21. The van der Waals surface area contributed by atoms with Gasteiger partial charge in [-0.3, -0.25) is 0 Å². The lowest BCUT2D eigenvalue weighted by atomic mass is 10.2. The van der Waals surface area contributed by atoms with Crippen LogP contribution >= 0.6 is 15.9 Å². The Morgan fingerprint density at radius 1 is 0.929 bits per heavy atom. The fourth-order valence-corrected chi connectivity index (χ4v) is 3.27. The van der Waals surface area contributed by atoms with Crippen LogP contribution in [0, 0.1) is 0 Å². The van der Waals surface area contributed by atoms with Crippen molar-refractivity contribution < 1.29 is 17.9 Å². The van der Waals surface area contributed by atoms with Crippen LogP contribution in [0.1, 0.15) is 15.9 Å². The van der Waals surface area contributed by atoms with Gasteiger partial charge in [-0.2, -0.15) is 13.5 Å². The topological polar surface area (TPSA) is 84.8 Å². The Bertz CT molecular complexity index is 1080. The second kappa shape index (κ2) is 8.81. The number of benzene rings is 3. The van der Waals surface area contributed by atoms with Crippen LogP contribution in [0.25, 0.3) is 0 Å². The number of hydrogen-bond donors (Lipinski definition) is 1. The molecule has 3 aromatic carbocycles. The number of sulfonamides is 1. The summed E-state index contributed by atoms with van der Waals surface area (Å²) in [4.78, 5) is 14.4. The van der Waals surface area contributed by atoms with Crippen molar-refractivity contribution in [1.29, 1.82) is 0 Å². The van der Waals surface area contributed by atoms with E-state index in [-0.39, 0.29) is 4.90 Å². The Labute approximate surface area is 171 Å². The van der Waals surface area contributed by atoms with Crippen molar-refractivity contribution in [2.24, 2.45) is 5.10 Å². The first-order valence-electron chi connectivity index (χ1n) is 8.12. The Kier molecular flexibility index (Phi) is 6.23. The Morgan fingerprint density at radius 3 is 2.21 bits per heavy atom. The zero-order chi connectivity index (χ0) is 20.0. The molecule has 0 saturated carbocycles. The summed E-state index contributed by atoms with van der Waals surface area (Å²) in [7, 11) is -3.71. The third-order valence-electron chi connectivity index (χ3n) is 3.61. The molecule has 0 radical (unpaired) electrons. The number of halogens is 1. The maximum absolute atomic E-state index is 12.1. The molecular weight excluding hydrogens is 444 g/mol. The largest absolute Gasteiger partial charge is 0.423 e. The number of carbonyl (C=O) groups excluding carboxylic acids is 1. The summed E-state index contributed by atoms with van der Waals surface area (Å²) in [5.74, 6) is -0.0977. The average Bonchev–Trinajstić information content (AvgIpc) is 2.70. The minimum absolute atomic E-state index is 0.127. The lowest BCUT2D eigenvalue weighted by Crippen LogP contribution is -2.18. The smallest absolute Gasteiger partial charge is 0.343 e. The van der Waals surface area contributed by atoms with Crippen LogP contribution < -0.4 is 9.57 Å². The minimum atomic E-state index is -3.71. The Balaban J connectivity index is 1.60. The fraction of sp³-hybridized carbons (Fsp3) is 0. The van der Waals surface area contributed by atoms with Crippen LogP contribution in [0.3, 0.4) is 0 Å². The molecule has 0 spiro atoms. The highest BCUT2D eigenvalue weighted by Crippen LogP contribution is 2.16. The summed E-state index contributed by atoms with van der Waals surface area (Å²) in [6.07, 6.45) is 1.36. The SMILES string of the molecule is O=C(Oc1ccc(/C=N\NS(=O)(=O)c2ccccc2)cc1)c1ccc(Br)cc1. The van der Waals surface area contributed by atoms with Gasteiger partial charge in [-0.05, 0) is 66.2 Å². The van der Waals surface area contributed by atoms with Crippen molar-refractivity contribution in [2.45, 2.75) is 4.90 Å². The van der Waals surface area contributed by atoms with E-state index in [0.29, 0.717) is 16.9 Å². The van der Waals surface area contributed by atoms with Gasteiger partial charge in [-0.25, -0.2) is 9.63 Å². The number of carbonyl (C=O) groups is 1. The maximum atomic E-state index is 12.1. The summed E-state index contributed by atoms with van der Waals surface area (Å²) in [6.45, 7) is 0. The molecule has 3 rings (SSSR count). The number of hydrazone groups is 1. The first-order valence-corrected chi connectivity index (χ1v) is 10.4. The van der Waals surface area contributed by atoms with Gasteiger partial charge in [-0.15, -0.1) is 0 Å². The molecule has 0 amide bonds. The molecule has 0 saturated heterocycles. The number of nitrogens with one attached hydrogen (secondary N) is 1. The van der Waals surface area contributed by atoms with Crippen molar-refractivity contribution in [1.82, 2.24) is 4.83 Å². The lowest BCUT2D eigenvalue weighted by Gasteiger charge is -2.05. The van der Waals surface area contributed by atoms with Gasteiger partial charge < -0.3 is 4.74 Å². The third kappa shape index (κ3) is 5.28. The molecule has 0 aromatic heterocycles. The molecule has 0 heterocycles. The van der Waals surface area contributed by atoms with E-state index in [9.17, 15) is 13.2 Å². The van der Waals surface area contributed by atoms with Gasteiger partial charge >= 0.3 is 5.97 Å². The van der Waals surface area contributed by atoms with E-state index < -0.39 is 16.0 Å². The summed E-state index contributed by atoms with van der Waals surface area (Å²) in [5.41, 5.74) is 1.07.